The summed E-state index contributed by atoms with van der Waals surface area (Å²) < 4.78 is 26.0. The van der Waals surface area contributed by atoms with Gasteiger partial charge in [-0.25, -0.2) is 13.4 Å². The van der Waals surface area contributed by atoms with Crippen LogP contribution in [0.15, 0.2) is 36.0 Å². The molecule has 0 atom stereocenters. The summed E-state index contributed by atoms with van der Waals surface area (Å²) in [5, 5.41) is 3.34. The van der Waals surface area contributed by atoms with Gasteiger partial charge in [0.25, 0.3) is 10.0 Å². The van der Waals surface area contributed by atoms with E-state index in [1.165, 1.54) is 4.31 Å². The predicted molar refractivity (Wildman–Crippen MR) is 80.8 cm³/mol. The Bertz CT molecular complexity index is 524. The fourth-order valence-corrected chi connectivity index (χ4v) is 3.00. The molecule has 1 N–H and O–H groups in total. The highest BCUT2D eigenvalue weighted by atomic mass is 32.2. The van der Waals surface area contributed by atoms with E-state index >= 15 is 0 Å². The minimum absolute atomic E-state index is 0.0782. The average Bonchev–Trinajstić information content (AvgIpc) is 2.42. The first-order valence-corrected chi connectivity index (χ1v) is 8.15. The predicted octanol–water partition coefficient (Wildman–Crippen LogP) is 1.78. The van der Waals surface area contributed by atoms with Gasteiger partial charge in [-0.2, -0.15) is 4.31 Å². The zero-order chi connectivity index (χ0) is 15.2. The second-order valence-corrected chi connectivity index (χ2v) is 6.67. The molecule has 0 radical (unpaired) electrons. The first-order valence-electron chi connectivity index (χ1n) is 6.71. The Balaban J connectivity index is 2.88. The molecule has 1 heterocycles. The third-order valence-electron chi connectivity index (χ3n) is 2.80. The van der Waals surface area contributed by atoms with Crippen molar-refractivity contribution in [1.82, 2.24) is 14.6 Å². The van der Waals surface area contributed by atoms with Crippen LogP contribution in [0.1, 0.15) is 26.3 Å². The minimum Gasteiger partial charge on any atom is -0.310 e. The largest absolute Gasteiger partial charge is 0.310 e. The van der Waals surface area contributed by atoms with Gasteiger partial charge in [0.05, 0.1) is 0 Å². The van der Waals surface area contributed by atoms with E-state index in [9.17, 15) is 8.42 Å². The van der Waals surface area contributed by atoms with E-state index in [4.69, 9.17) is 0 Å². The molecule has 0 aliphatic rings. The van der Waals surface area contributed by atoms with Crippen molar-refractivity contribution in [2.45, 2.75) is 38.4 Å². The van der Waals surface area contributed by atoms with Crippen molar-refractivity contribution in [1.29, 1.82) is 0 Å². The normalized spacial score (nSPS) is 12.1. The van der Waals surface area contributed by atoms with Gasteiger partial charge in [-0.3, -0.25) is 0 Å². The van der Waals surface area contributed by atoms with Crippen molar-refractivity contribution in [2.75, 3.05) is 13.1 Å². The van der Waals surface area contributed by atoms with Crippen molar-refractivity contribution in [2.24, 2.45) is 0 Å². The molecule has 6 heteroatoms. The van der Waals surface area contributed by atoms with Gasteiger partial charge in [-0.15, -0.1) is 6.58 Å². The Kier molecular flexibility index (Phi) is 6.32. The highest BCUT2D eigenvalue weighted by Gasteiger charge is 2.23. The Morgan fingerprint density at radius 2 is 2.15 bits per heavy atom. The number of nitrogens with one attached hydrogen (secondary N) is 1. The van der Waals surface area contributed by atoms with Crippen molar-refractivity contribution in [3.8, 4) is 0 Å². The molecule has 0 amide bonds. The van der Waals surface area contributed by atoms with Crippen molar-refractivity contribution in [3.63, 3.8) is 0 Å². The Hall–Kier alpha value is -1.24. The van der Waals surface area contributed by atoms with Crippen molar-refractivity contribution in [3.05, 3.63) is 36.5 Å². The number of hydrogen-bond acceptors (Lipinski definition) is 4. The number of hydrogen-bond donors (Lipinski definition) is 1. The quantitative estimate of drug-likeness (QED) is 0.743. The summed E-state index contributed by atoms with van der Waals surface area (Å²) in [5.41, 5.74) is 0.962. The van der Waals surface area contributed by atoms with Crippen LogP contribution in [0, 0.1) is 0 Å². The zero-order valence-corrected chi connectivity index (χ0v) is 13.2. The molecule has 20 heavy (non-hydrogen) atoms. The van der Waals surface area contributed by atoms with Gasteiger partial charge in [0.1, 0.15) is 0 Å². The average molecular weight is 297 g/mol. The fourth-order valence-electron chi connectivity index (χ4n) is 1.66. The van der Waals surface area contributed by atoms with Gasteiger partial charge in [0, 0.05) is 31.9 Å². The molecule has 0 aliphatic heterocycles. The lowest BCUT2D eigenvalue weighted by atomic mass is 10.2. The molecule has 1 aromatic heterocycles. The number of aromatic nitrogens is 1. The van der Waals surface area contributed by atoms with E-state index in [0.717, 1.165) is 5.56 Å². The molecular formula is C14H23N3O2S. The molecule has 0 fully saturated rings. The first-order chi connectivity index (χ1) is 9.41. The fraction of sp³-hybridized carbons (Fsp3) is 0.500. The molecule has 1 rings (SSSR count). The molecule has 1 aromatic rings. The molecule has 0 saturated heterocycles. The Morgan fingerprint density at radius 1 is 1.45 bits per heavy atom. The second-order valence-electron chi connectivity index (χ2n) is 4.78. The number of sulfonamides is 1. The van der Waals surface area contributed by atoms with Gasteiger partial charge >= 0.3 is 0 Å². The van der Waals surface area contributed by atoms with E-state index in [1.54, 1.807) is 31.3 Å². The molecule has 0 bridgehead atoms. The summed E-state index contributed by atoms with van der Waals surface area (Å²) in [6, 6.07) is 3.72. The number of likely N-dealkylation sites (N-methyl/N-ethyl adjacent to an activating group) is 1. The SMILES string of the molecule is C=CCN(CC)S(=O)(=O)c1ccc(CNC(C)C)cn1. The minimum atomic E-state index is -3.53. The second kappa shape index (κ2) is 7.52. The van der Waals surface area contributed by atoms with Gasteiger partial charge in [-0.1, -0.05) is 32.9 Å². The summed E-state index contributed by atoms with van der Waals surface area (Å²) in [4.78, 5) is 4.08. The number of nitrogens with zero attached hydrogens (tertiary/aromatic N) is 2. The maximum absolute atomic E-state index is 12.3. The highest BCUT2D eigenvalue weighted by molar-refractivity contribution is 7.89. The lowest BCUT2D eigenvalue weighted by molar-refractivity contribution is 0.457. The summed E-state index contributed by atoms with van der Waals surface area (Å²) in [7, 11) is -3.53. The van der Waals surface area contributed by atoms with Crippen LogP contribution in [-0.2, 0) is 16.6 Å². The third-order valence-corrected chi connectivity index (χ3v) is 4.66. The molecule has 112 valence electrons. The molecular weight excluding hydrogens is 274 g/mol. The van der Waals surface area contributed by atoms with E-state index in [2.05, 4.69) is 30.7 Å². The lowest BCUT2D eigenvalue weighted by Gasteiger charge is -2.18. The van der Waals surface area contributed by atoms with Crippen LogP contribution < -0.4 is 5.32 Å². The molecule has 0 spiro atoms. The summed E-state index contributed by atoms with van der Waals surface area (Å²) in [5.74, 6) is 0. The van der Waals surface area contributed by atoms with E-state index < -0.39 is 10.0 Å². The highest BCUT2D eigenvalue weighted by Crippen LogP contribution is 2.13. The van der Waals surface area contributed by atoms with E-state index in [1.807, 2.05) is 0 Å². The van der Waals surface area contributed by atoms with Gasteiger partial charge in [-0.05, 0) is 11.6 Å². The van der Waals surface area contributed by atoms with Gasteiger partial charge in [0.15, 0.2) is 5.03 Å². The molecule has 5 nitrogen and oxygen atoms in total. The number of rotatable bonds is 8. The van der Waals surface area contributed by atoms with E-state index in [0.29, 0.717) is 19.1 Å². The Labute approximate surface area is 121 Å². The monoisotopic (exact) mass is 297 g/mol. The van der Waals surface area contributed by atoms with E-state index in [-0.39, 0.29) is 11.6 Å². The van der Waals surface area contributed by atoms with Crippen LogP contribution in [0.25, 0.3) is 0 Å². The molecule has 0 saturated carbocycles. The maximum atomic E-state index is 12.3. The van der Waals surface area contributed by atoms with Gasteiger partial charge in [0.2, 0.25) is 0 Å². The van der Waals surface area contributed by atoms with Gasteiger partial charge < -0.3 is 5.32 Å². The van der Waals surface area contributed by atoms with Crippen molar-refractivity contribution >= 4 is 10.0 Å². The van der Waals surface area contributed by atoms with Crippen molar-refractivity contribution < 1.29 is 8.42 Å². The zero-order valence-electron chi connectivity index (χ0n) is 12.3. The van der Waals surface area contributed by atoms with Crippen LogP contribution in [0.4, 0.5) is 0 Å². The summed E-state index contributed by atoms with van der Waals surface area (Å²) in [6.45, 7) is 10.8. The lowest BCUT2D eigenvalue weighted by Crippen LogP contribution is -2.31. The number of pyridine rings is 1. The van der Waals surface area contributed by atoms with Crippen LogP contribution in [0.3, 0.4) is 0 Å². The summed E-state index contributed by atoms with van der Waals surface area (Å²) in [6.07, 6.45) is 3.17. The van der Waals surface area contributed by atoms with Crippen LogP contribution in [-0.4, -0.2) is 36.8 Å². The maximum Gasteiger partial charge on any atom is 0.260 e. The molecule has 0 aliphatic carbocycles. The standard InChI is InChI=1S/C14H23N3O2S/c1-5-9-17(6-2)20(18,19)14-8-7-13(11-16-14)10-15-12(3)4/h5,7-8,11-12,15H,1,6,9-10H2,2-4H3. The topological polar surface area (TPSA) is 62.3 Å². The van der Waals surface area contributed by atoms with Crippen LogP contribution >= 0.6 is 0 Å². The van der Waals surface area contributed by atoms with Crippen LogP contribution in [0.5, 0.6) is 0 Å². The smallest absolute Gasteiger partial charge is 0.260 e. The molecule has 0 unspecified atom stereocenters. The third kappa shape index (κ3) is 4.40. The Morgan fingerprint density at radius 3 is 2.60 bits per heavy atom. The van der Waals surface area contributed by atoms with Crippen LogP contribution in [0.2, 0.25) is 0 Å². The first kappa shape index (κ1) is 16.8. The molecule has 0 aromatic carbocycles. The summed E-state index contributed by atoms with van der Waals surface area (Å²) >= 11 is 0.